The molecule has 1 aliphatic carbocycles. The van der Waals surface area contributed by atoms with E-state index in [1.165, 1.54) is 30.7 Å². The molecule has 3 nitrogen and oxygen atoms in total. The largest absolute Gasteiger partial charge is 0.271 e. The van der Waals surface area contributed by atoms with Crippen LogP contribution in [0.25, 0.3) is 0 Å². The average molecular weight is 253 g/mol. The number of aryl methyl sites for hydroxylation is 1. The van der Waals surface area contributed by atoms with Gasteiger partial charge in [0.2, 0.25) is 0 Å². The van der Waals surface area contributed by atoms with Gasteiger partial charge in [0.05, 0.1) is 5.01 Å². The van der Waals surface area contributed by atoms with E-state index in [0.717, 1.165) is 24.0 Å². The molecule has 0 bridgehead atoms. The van der Waals surface area contributed by atoms with Crippen LogP contribution in [0.15, 0.2) is 5.38 Å². The maximum Gasteiger partial charge on any atom is 0.0944 e. The van der Waals surface area contributed by atoms with Crippen LogP contribution >= 0.6 is 11.3 Å². The third kappa shape index (κ3) is 3.27. The quantitative estimate of drug-likeness (QED) is 0.626. The zero-order valence-corrected chi connectivity index (χ0v) is 11.6. The monoisotopic (exact) mass is 253 g/mol. The van der Waals surface area contributed by atoms with Crippen LogP contribution in [0.3, 0.4) is 0 Å². The van der Waals surface area contributed by atoms with Crippen LogP contribution in [-0.2, 0) is 6.42 Å². The van der Waals surface area contributed by atoms with Gasteiger partial charge >= 0.3 is 0 Å². The molecular formula is C13H23N3S. The Labute approximate surface area is 108 Å². The second-order valence-corrected chi connectivity index (χ2v) is 6.15. The highest BCUT2D eigenvalue weighted by Crippen LogP contribution is 2.35. The normalized spacial score (nSPS) is 26.3. The van der Waals surface area contributed by atoms with Crippen molar-refractivity contribution in [3.63, 3.8) is 0 Å². The smallest absolute Gasteiger partial charge is 0.0944 e. The van der Waals surface area contributed by atoms with Gasteiger partial charge in [-0.15, -0.1) is 11.3 Å². The highest BCUT2D eigenvalue weighted by atomic mass is 32.1. The molecule has 1 aliphatic rings. The molecule has 0 aliphatic heterocycles. The van der Waals surface area contributed by atoms with Crippen LogP contribution in [0.2, 0.25) is 0 Å². The van der Waals surface area contributed by atoms with Crippen molar-refractivity contribution in [3.8, 4) is 0 Å². The Morgan fingerprint density at radius 2 is 2.41 bits per heavy atom. The van der Waals surface area contributed by atoms with E-state index in [1.807, 2.05) is 6.92 Å². The molecule has 0 radical (unpaired) electrons. The Morgan fingerprint density at radius 3 is 2.94 bits per heavy atom. The molecule has 0 aromatic carbocycles. The van der Waals surface area contributed by atoms with Crippen LogP contribution in [0, 0.1) is 18.8 Å². The van der Waals surface area contributed by atoms with Crippen molar-refractivity contribution >= 4 is 11.3 Å². The predicted molar refractivity (Wildman–Crippen MR) is 72.8 cm³/mol. The first kappa shape index (κ1) is 13.0. The summed E-state index contributed by atoms with van der Waals surface area (Å²) in [7, 11) is 0. The van der Waals surface area contributed by atoms with Crippen LogP contribution in [0.4, 0.5) is 0 Å². The molecule has 1 saturated carbocycles. The Bertz CT molecular complexity index is 350. The molecule has 2 rings (SSSR count). The van der Waals surface area contributed by atoms with Gasteiger partial charge in [-0.3, -0.25) is 11.3 Å². The Hall–Kier alpha value is -0.450. The summed E-state index contributed by atoms with van der Waals surface area (Å²) < 4.78 is 0. The van der Waals surface area contributed by atoms with Crippen molar-refractivity contribution in [2.75, 3.05) is 0 Å². The molecular weight excluding hydrogens is 230 g/mol. The van der Waals surface area contributed by atoms with E-state index < -0.39 is 0 Å². The molecule has 0 saturated heterocycles. The van der Waals surface area contributed by atoms with Gasteiger partial charge in [0.1, 0.15) is 0 Å². The number of aromatic nitrogens is 1. The third-order valence-electron chi connectivity index (χ3n) is 4.00. The fourth-order valence-corrected chi connectivity index (χ4v) is 3.73. The van der Waals surface area contributed by atoms with Crippen LogP contribution in [0.5, 0.6) is 0 Å². The fraction of sp³-hybridized carbons (Fsp3) is 0.769. The molecule has 1 aromatic heterocycles. The van der Waals surface area contributed by atoms with E-state index >= 15 is 0 Å². The highest BCUT2D eigenvalue weighted by molar-refractivity contribution is 7.09. The third-order valence-corrected chi connectivity index (χ3v) is 4.99. The molecule has 3 unspecified atom stereocenters. The van der Waals surface area contributed by atoms with Crippen molar-refractivity contribution in [2.45, 2.75) is 52.0 Å². The molecule has 1 heterocycles. The maximum absolute atomic E-state index is 5.72. The minimum Gasteiger partial charge on any atom is -0.271 e. The molecule has 4 heteroatoms. The lowest BCUT2D eigenvalue weighted by atomic mass is 9.94. The molecule has 3 atom stereocenters. The lowest BCUT2D eigenvalue weighted by Crippen LogP contribution is -2.41. The minimum atomic E-state index is 0.400. The summed E-state index contributed by atoms with van der Waals surface area (Å²) in [5.41, 5.74) is 4.14. The van der Waals surface area contributed by atoms with Gasteiger partial charge in [-0.05, 0) is 31.6 Å². The van der Waals surface area contributed by atoms with Gasteiger partial charge in [0.15, 0.2) is 0 Å². The highest BCUT2D eigenvalue weighted by Gasteiger charge is 2.29. The van der Waals surface area contributed by atoms with Gasteiger partial charge in [0.25, 0.3) is 0 Å². The van der Waals surface area contributed by atoms with Gasteiger partial charge in [-0.25, -0.2) is 4.98 Å². The lowest BCUT2D eigenvalue weighted by Gasteiger charge is -2.22. The molecule has 1 fully saturated rings. The van der Waals surface area contributed by atoms with Gasteiger partial charge in [0, 0.05) is 23.5 Å². The summed E-state index contributed by atoms with van der Waals surface area (Å²) >= 11 is 1.75. The number of rotatable bonds is 5. The van der Waals surface area contributed by atoms with Gasteiger partial charge in [-0.2, -0.15) is 0 Å². The summed E-state index contributed by atoms with van der Waals surface area (Å²) in [6, 6.07) is 0.400. The molecule has 3 N–H and O–H groups in total. The van der Waals surface area contributed by atoms with E-state index in [-0.39, 0.29) is 0 Å². The SMILES string of the molecule is CCC1CCC(C(Cc2nc(C)cs2)NN)C1. The van der Waals surface area contributed by atoms with Crippen molar-refractivity contribution < 1.29 is 0 Å². The molecule has 0 amide bonds. The molecule has 17 heavy (non-hydrogen) atoms. The van der Waals surface area contributed by atoms with E-state index in [1.54, 1.807) is 11.3 Å². The molecule has 1 aromatic rings. The van der Waals surface area contributed by atoms with Gasteiger partial charge < -0.3 is 0 Å². The standard InChI is InChI=1S/C13H23N3S/c1-3-10-4-5-11(6-10)12(16-14)7-13-15-9(2)8-17-13/h8,10-12,16H,3-7,14H2,1-2H3. The maximum atomic E-state index is 5.72. The summed E-state index contributed by atoms with van der Waals surface area (Å²) in [5.74, 6) is 7.36. The number of thiazole rings is 1. The Kier molecular flexibility index (Phi) is 4.54. The summed E-state index contributed by atoms with van der Waals surface area (Å²) in [4.78, 5) is 4.53. The molecule has 0 spiro atoms. The number of hydrogen-bond acceptors (Lipinski definition) is 4. The van der Waals surface area contributed by atoms with Crippen LogP contribution in [-0.4, -0.2) is 11.0 Å². The van der Waals surface area contributed by atoms with Crippen molar-refractivity contribution in [1.29, 1.82) is 0 Å². The van der Waals surface area contributed by atoms with E-state index in [4.69, 9.17) is 5.84 Å². The second-order valence-electron chi connectivity index (χ2n) is 5.21. The minimum absolute atomic E-state index is 0.400. The van der Waals surface area contributed by atoms with E-state index in [9.17, 15) is 0 Å². The van der Waals surface area contributed by atoms with E-state index in [2.05, 4.69) is 22.7 Å². The average Bonchev–Trinajstić information content (AvgIpc) is 2.94. The topological polar surface area (TPSA) is 50.9 Å². The summed E-state index contributed by atoms with van der Waals surface area (Å²) in [5, 5.41) is 3.33. The van der Waals surface area contributed by atoms with Gasteiger partial charge in [-0.1, -0.05) is 19.8 Å². The Morgan fingerprint density at radius 1 is 1.59 bits per heavy atom. The number of nitrogens with one attached hydrogen (secondary N) is 1. The predicted octanol–water partition coefficient (Wildman–Crippen LogP) is 2.65. The second kappa shape index (κ2) is 5.94. The lowest BCUT2D eigenvalue weighted by molar-refractivity contribution is 0.347. The Balaban J connectivity index is 1.93. The number of nitrogens with zero attached hydrogens (tertiary/aromatic N) is 1. The molecule has 96 valence electrons. The van der Waals surface area contributed by atoms with Crippen LogP contribution < -0.4 is 11.3 Å². The van der Waals surface area contributed by atoms with Crippen molar-refractivity contribution in [2.24, 2.45) is 17.7 Å². The summed E-state index contributed by atoms with van der Waals surface area (Å²) in [6.45, 7) is 4.34. The van der Waals surface area contributed by atoms with Crippen molar-refractivity contribution in [3.05, 3.63) is 16.1 Å². The summed E-state index contributed by atoms with van der Waals surface area (Å²) in [6.07, 6.45) is 6.31. The first-order valence-electron chi connectivity index (χ1n) is 6.60. The first-order valence-corrected chi connectivity index (χ1v) is 7.48. The fourth-order valence-electron chi connectivity index (χ4n) is 2.90. The zero-order chi connectivity index (χ0) is 12.3. The first-order chi connectivity index (χ1) is 8.22. The number of nitrogens with two attached hydrogens (primary N) is 1. The van der Waals surface area contributed by atoms with Crippen LogP contribution in [0.1, 0.15) is 43.3 Å². The zero-order valence-electron chi connectivity index (χ0n) is 10.8. The number of hydrazine groups is 1. The number of hydrogen-bond donors (Lipinski definition) is 2. The van der Waals surface area contributed by atoms with Crippen molar-refractivity contribution in [1.82, 2.24) is 10.4 Å². The van der Waals surface area contributed by atoms with E-state index in [0.29, 0.717) is 6.04 Å².